The number of H-pyrrole nitrogens is 1. The molecule has 1 aliphatic heterocycles. The first-order valence-electron chi connectivity index (χ1n) is 4.65. The van der Waals surface area contributed by atoms with Crippen molar-refractivity contribution in [1.29, 1.82) is 0 Å². The molecule has 0 saturated carbocycles. The number of carbonyl (C=O) groups excluding carboxylic acids is 1. The van der Waals surface area contributed by atoms with Gasteiger partial charge in [0, 0.05) is 13.1 Å². The molecule has 7 heteroatoms. The number of aromatic amines is 1. The van der Waals surface area contributed by atoms with Crippen molar-refractivity contribution in [2.24, 2.45) is 0 Å². The molecule has 0 bridgehead atoms. The normalized spacial score (nSPS) is 18.0. The van der Waals surface area contributed by atoms with Gasteiger partial charge < -0.3 is 0 Å². The maximum absolute atomic E-state index is 11.4. The maximum Gasteiger partial charge on any atom is 0.307 e. The molecule has 1 saturated heterocycles. The summed E-state index contributed by atoms with van der Waals surface area (Å²) in [5.41, 5.74) is 2.73. The lowest BCUT2D eigenvalue weighted by molar-refractivity contribution is 0.0739. The van der Waals surface area contributed by atoms with Gasteiger partial charge in [0.1, 0.15) is 0 Å². The molecule has 0 aromatic carbocycles. The number of amides is 1. The number of nitrogens with zero attached hydrogens (tertiary/aromatic N) is 4. The fourth-order valence-corrected chi connectivity index (χ4v) is 1.46. The number of piperidine rings is 1. The molecule has 2 rings (SSSR count). The predicted octanol–water partition coefficient (Wildman–Crippen LogP) is -0.670. The minimum atomic E-state index is -0.305. The van der Waals surface area contributed by atoms with Crippen molar-refractivity contribution in [3.63, 3.8) is 0 Å². The molecule has 0 radical (unpaired) electrons. The van der Waals surface area contributed by atoms with Crippen LogP contribution in [0, 0.1) is 0 Å². The minimum Gasteiger partial charge on any atom is -0.282 e. The summed E-state index contributed by atoms with van der Waals surface area (Å²) in [7, 11) is 0. The van der Waals surface area contributed by atoms with E-state index in [0.717, 1.165) is 25.9 Å². The zero-order valence-corrected chi connectivity index (χ0v) is 7.73. The zero-order chi connectivity index (χ0) is 9.80. The van der Waals surface area contributed by atoms with Crippen molar-refractivity contribution in [3.8, 4) is 0 Å². The largest absolute Gasteiger partial charge is 0.307 e. The van der Waals surface area contributed by atoms with E-state index in [1.165, 1.54) is 6.42 Å². The molecule has 1 amide bonds. The van der Waals surface area contributed by atoms with Crippen LogP contribution in [0.1, 0.15) is 29.9 Å². The van der Waals surface area contributed by atoms with Crippen LogP contribution in [0.25, 0.3) is 0 Å². The van der Waals surface area contributed by atoms with Crippen molar-refractivity contribution >= 4 is 5.91 Å². The van der Waals surface area contributed by atoms with E-state index < -0.39 is 0 Å². The molecule has 1 fully saturated rings. The van der Waals surface area contributed by atoms with Gasteiger partial charge in [0.25, 0.3) is 5.82 Å². The lowest BCUT2D eigenvalue weighted by Crippen LogP contribution is -2.45. The lowest BCUT2D eigenvalue weighted by atomic mass is 10.2. The summed E-state index contributed by atoms with van der Waals surface area (Å²) in [4.78, 5) is 11.4. The third-order valence-corrected chi connectivity index (χ3v) is 2.16. The first-order valence-corrected chi connectivity index (χ1v) is 4.65. The average molecular weight is 196 g/mol. The molecule has 1 aromatic heterocycles. The van der Waals surface area contributed by atoms with Crippen LogP contribution in [-0.2, 0) is 0 Å². The first-order chi connectivity index (χ1) is 6.86. The van der Waals surface area contributed by atoms with E-state index in [0.29, 0.717) is 0 Å². The Hall–Kier alpha value is -1.50. The van der Waals surface area contributed by atoms with Crippen LogP contribution in [0.3, 0.4) is 0 Å². The van der Waals surface area contributed by atoms with Gasteiger partial charge in [-0.15, -0.1) is 10.2 Å². The standard InChI is InChI=1S/C7H12N6O/c14-7(6-8-11-12-9-6)10-13-4-2-1-3-5-13/h1-5H2,(H,10,14)(H,8,9,11,12). The van der Waals surface area contributed by atoms with Gasteiger partial charge in [-0.2, -0.15) is 5.21 Å². The van der Waals surface area contributed by atoms with Crippen LogP contribution in [0.4, 0.5) is 0 Å². The first kappa shape index (κ1) is 9.07. The third kappa shape index (κ3) is 2.05. The molecule has 1 aliphatic rings. The highest BCUT2D eigenvalue weighted by Gasteiger charge is 2.16. The molecular weight excluding hydrogens is 184 g/mol. The fourth-order valence-electron chi connectivity index (χ4n) is 1.46. The highest BCUT2D eigenvalue weighted by Crippen LogP contribution is 2.05. The van der Waals surface area contributed by atoms with Crippen LogP contribution in [0.2, 0.25) is 0 Å². The quantitative estimate of drug-likeness (QED) is 0.655. The highest BCUT2D eigenvalue weighted by molar-refractivity contribution is 5.89. The van der Waals surface area contributed by atoms with E-state index in [2.05, 4.69) is 26.0 Å². The number of tetrazole rings is 1. The summed E-state index contributed by atoms with van der Waals surface area (Å²) >= 11 is 0. The van der Waals surface area contributed by atoms with Crippen molar-refractivity contribution in [3.05, 3.63) is 5.82 Å². The molecule has 7 nitrogen and oxygen atoms in total. The van der Waals surface area contributed by atoms with Crippen molar-refractivity contribution in [2.45, 2.75) is 19.3 Å². The van der Waals surface area contributed by atoms with Crippen molar-refractivity contribution in [2.75, 3.05) is 13.1 Å². The van der Waals surface area contributed by atoms with E-state index in [9.17, 15) is 4.79 Å². The van der Waals surface area contributed by atoms with Crippen LogP contribution < -0.4 is 5.43 Å². The Morgan fingerprint density at radius 2 is 2.14 bits per heavy atom. The molecule has 76 valence electrons. The van der Waals surface area contributed by atoms with Gasteiger partial charge in [-0.3, -0.25) is 10.2 Å². The summed E-state index contributed by atoms with van der Waals surface area (Å²) < 4.78 is 0. The summed E-state index contributed by atoms with van der Waals surface area (Å²) in [6, 6.07) is 0. The lowest BCUT2D eigenvalue weighted by Gasteiger charge is -2.25. The zero-order valence-electron chi connectivity index (χ0n) is 7.73. The monoisotopic (exact) mass is 196 g/mol. The molecule has 0 aliphatic carbocycles. The van der Waals surface area contributed by atoms with Gasteiger partial charge in [-0.25, -0.2) is 5.01 Å². The highest BCUT2D eigenvalue weighted by atomic mass is 16.2. The SMILES string of the molecule is O=C(NN1CCCCC1)c1nn[nH]n1. The van der Waals surface area contributed by atoms with Gasteiger partial charge in [0.2, 0.25) is 0 Å². The number of hydrogen-bond acceptors (Lipinski definition) is 5. The van der Waals surface area contributed by atoms with E-state index in [1.54, 1.807) is 0 Å². The number of nitrogens with one attached hydrogen (secondary N) is 2. The molecule has 2 heterocycles. The predicted molar refractivity (Wildman–Crippen MR) is 47.1 cm³/mol. The fraction of sp³-hybridized carbons (Fsp3) is 0.714. The van der Waals surface area contributed by atoms with E-state index in [-0.39, 0.29) is 11.7 Å². The summed E-state index contributed by atoms with van der Waals surface area (Å²) in [5, 5.41) is 14.6. The average Bonchev–Trinajstić information content (AvgIpc) is 2.72. The van der Waals surface area contributed by atoms with E-state index in [4.69, 9.17) is 0 Å². The minimum absolute atomic E-state index is 0.0792. The summed E-state index contributed by atoms with van der Waals surface area (Å²) in [5.74, 6) is -0.226. The molecular formula is C7H12N6O. The molecule has 0 atom stereocenters. The number of carbonyl (C=O) groups is 1. The van der Waals surface area contributed by atoms with E-state index in [1.807, 2.05) is 5.01 Å². The molecule has 2 N–H and O–H groups in total. The Morgan fingerprint density at radius 3 is 2.79 bits per heavy atom. The van der Waals surface area contributed by atoms with Gasteiger partial charge in [0.15, 0.2) is 0 Å². The topological polar surface area (TPSA) is 86.8 Å². The molecule has 1 aromatic rings. The van der Waals surface area contributed by atoms with Crippen LogP contribution in [0.15, 0.2) is 0 Å². The van der Waals surface area contributed by atoms with Gasteiger partial charge in [-0.1, -0.05) is 6.42 Å². The Bertz CT molecular complexity index is 291. The van der Waals surface area contributed by atoms with Crippen LogP contribution in [-0.4, -0.2) is 44.6 Å². The third-order valence-electron chi connectivity index (χ3n) is 2.16. The van der Waals surface area contributed by atoms with Crippen molar-refractivity contribution < 1.29 is 4.79 Å². The Labute approximate surface area is 80.8 Å². The van der Waals surface area contributed by atoms with Gasteiger partial charge >= 0.3 is 5.91 Å². The van der Waals surface area contributed by atoms with Gasteiger partial charge in [-0.05, 0) is 18.1 Å². The second-order valence-electron chi connectivity index (χ2n) is 3.22. The van der Waals surface area contributed by atoms with Gasteiger partial charge in [0.05, 0.1) is 0 Å². The second-order valence-corrected chi connectivity index (χ2v) is 3.22. The number of rotatable bonds is 2. The molecule has 14 heavy (non-hydrogen) atoms. The molecule has 0 spiro atoms. The summed E-state index contributed by atoms with van der Waals surface area (Å²) in [6.45, 7) is 1.78. The maximum atomic E-state index is 11.4. The number of hydrogen-bond donors (Lipinski definition) is 2. The van der Waals surface area contributed by atoms with Crippen LogP contribution in [0.5, 0.6) is 0 Å². The summed E-state index contributed by atoms with van der Waals surface area (Å²) in [6.07, 6.45) is 3.47. The Morgan fingerprint density at radius 1 is 1.36 bits per heavy atom. The van der Waals surface area contributed by atoms with E-state index >= 15 is 0 Å². The number of aromatic nitrogens is 4. The number of hydrazine groups is 1. The molecule has 0 unspecified atom stereocenters. The second kappa shape index (κ2) is 4.14. The van der Waals surface area contributed by atoms with Crippen LogP contribution >= 0.6 is 0 Å². The Balaban J connectivity index is 1.87. The Kier molecular flexibility index (Phi) is 2.68. The van der Waals surface area contributed by atoms with Crippen molar-refractivity contribution in [1.82, 2.24) is 31.1 Å². The smallest absolute Gasteiger partial charge is 0.282 e.